The molecule has 0 bridgehead atoms. The number of nitrogens with zero attached hydrogens (tertiary/aromatic N) is 2. The van der Waals surface area contributed by atoms with Gasteiger partial charge in [-0.05, 0) is 55.0 Å². The summed E-state index contributed by atoms with van der Waals surface area (Å²) < 4.78 is 1.09. The van der Waals surface area contributed by atoms with Crippen LogP contribution in [0, 0.1) is 11.8 Å². The lowest BCUT2D eigenvalue weighted by molar-refractivity contribution is -0.129. The Hall–Kier alpha value is -2.78. The third-order valence-electron chi connectivity index (χ3n) is 8.39. The summed E-state index contributed by atoms with van der Waals surface area (Å²) in [4.78, 5) is 45.9. The minimum atomic E-state index is -0.707. The monoisotopic (exact) mass is 597 g/mol. The maximum Gasteiger partial charge on any atom is 0.247 e. The number of fused-ring (bicyclic) bond motifs is 1. The number of nitrogens with one attached hydrogen (secondary N) is 3. The fourth-order valence-corrected chi connectivity index (χ4v) is 6.70. The number of rotatable bonds is 17. The molecule has 1 saturated carbocycles. The van der Waals surface area contributed by atoms with Crippen LogP contribution >= 0.6 is 11.3 Å². The highest BCUT2D eigenvalue weighted by Gasteiger charge is 2.28. The van der Waals surface area contributed by atoms with Gasteiger partial charge >= 0.3 is 0 Å². The lowest BCUT2D eigenvalue weighted by Crippen LogP contribution is -2.50. The van der Waals surface area contributed by atoms with Crippen LogP contribution in [0.5, 0.6) is 0 Å². The summed E-state index contributed by atoms with van der Waals surface area (Å²) >= 11 is 1.58. The van der Waals surface area contributed by atoms with Crippen LogP contribution in [0.25, 0.3) is 10.2 Å². The van der Waals surface area contributed by atoms with Crippen molar-refractivity contribution in [2.45, 2.75) is 91.5 Å². The van der Waals surface area contributed by atoms with E-state index in [9.17, 15) is 14.4 Å². The number of likely N-dealkylation sites (N-methyl/N-ethyl adjacent to an activating group) is 1. The van der Waals surface area contributed by atoms with Gasteiger partial charge in [0.15, 0.2) is 0 Å². The first-order chi connectivity index (χ1) is 20.1. The van der Waals surface area contributed by atoms with E-state index < -0.39 is 6.04 Å². The summed E-state index contributed by atoms with van der Waals surface area (Å²) in [6, 6.07) is 5.60. The molecule has 2 atom stereocenters. The number of benzene rings is 1. The number of hydrogen-bond acceptors (Lipinski definition) is 6. The summed E-state index contributed by atoms with van der Waals surface area (Å²) in [6.07, 6.45) is 5.95. The van der Waals surface area contributed by atoms with Crippen molar-refractivity contribution in [2.24, 2.45) is 11.8 Å². The molecule has 3 N–H and O–H groups in total. The van der Waals surface area contributed by atoms with E-state index in [-0.39, 0.29) is 23.6 Å². The van der Waals surface area contributed by atoms with Crippen LogP contribution < -0.4 is 16.0 Å². The maximum absolute atomic E-state index is 13.5. The molecule has 1 unspecified atom stereocenters. The number of hydrogen-bond donors (Lipinski definition) is 3. The topological polar surface area (TPSA) is 103 Å². The average Bonchev–Trinajstić information content (AvgIpc) is 3.64. The third-order valence-corrected chi connectivity index (χ3v) is 9.43. The molecular weight excluding hydrogens is 546 g/mol. The lowest BCUT2D eigenvalue weighted by atomic mass is 9.90. The normalized spacial score (nSPS) is 15.2. The molecule has 8 nitrogen and oxygen atoms in total. The number of carbonyl (C=O) groups excluding carboxylic acids is 3. The first-order valence-corrected chi connectivity index (χ1v) is 16.6. The SMILES string of the molecule is C=C(CN(CC)CC)C(=O)NCC(CNC(=O)[C@H](Cc1nc2ccc(C(C)C)cc2s1)NC(=O)CCC)C1CCCC1. The van der Waals surface area contributed by atoms with Crippen LogP contribution in [-0.2, 0) is 20.8 Å². The van der Waals surface area contributed by atoms with Gasteiger partial charge in [-0.25, -0.2) is 4.98 Å². The maximum atomic E-state index is 13.5. The smallest absolute Gasteiger partial charge is 0.247 e. The second-order valence-corrected chi connectivity index (χ2v) is 13.0. The number of aromatic nitrogens is 1. The molecule has 1 aromatic carbocycles. The standard InChI is InChI=1S/C33H51N5O3S/c1-7-12-30(39)36-28(18-31-37-27-16-15-25(22(4)5)17-29(27)42-31)33(41)35-20-26(24-13-10-11-14-24)19-34-32(40)23(6)21-38(8-2)9-3/h15-17,22,24,26,28H,6-14,18-21H2,1-5H3,(H,34,40)(H,35,41)(H,36,39)/t26?,28-/m0/s1. The van der Waals surface area contributed by atoms with E-state index in [1.165, 1.54) is 18.4 Å². The molecule has 0 spiro atoms. The van der Waals surface area contributed by atoms with Crippen molar-refractivity contribution in [2.75, 3.05) is 32.7 Å². The Bertz CT molecular complexity index is 1200. The average molecular weight is 598 g/mol. The van der Waals surface area contributed by atoms with Crippen molar-refractivity contribution < 1.29 is 14.4 Å². The molecule has 3 rings (SSSR count). The van der Waals surface area contributed by atoms with Gasteiger partial charge in [0.05, 0.1) is 15.2 Å². The Labute approximate surface area is 256 Å². The zero-order chi connectivity index (χ0) is 30.6. The van der Waals surface area contributed by atoms with E-state index in [0.29, 0.717) is 56.3 Å². The van der Waals surface area contributed by atoms with Gasteiger partial charge in [-0.1, -0.05) is 72.9 Å². The van der Waals surface area contributed by atoms with Crippen LogP contribution in [0.2, 0.25) is 0 Å². The summed E-state index contributed by atoms with van der Waals surface area (Å²) in [5, 5.41) is 10.0. The van der Waals surface area contributed by atoms with Crippen molar-refractivity contribution in [3.8, 4) is 0 Å². The highest BCUT2D eigenvalue weighted by atomic mass is 32.1. The van der Waals surface area contributed by atoms with Crippen LogP contribution in [0.3, 0.4) is 0 Å². The summed E-state index contributed by atoms with van der Waals surface area (Å²) in [7, 11) is 0. The van der Waals surface area contributed by atoms with E-state index >= 15 is 0 Å². The predicted octanol–water partition coefficient (Wildman–Crippen LogP) is 5.18. The molecule has 0 radical (unpaired) electrons. The molecule has 2 aromatic rings. The Morgan fingerprint density at radius 3 is 2.40 bits per heavy atom. The van der Waals surface area contributed by atoms with Crippen molar-refractivity contribution in [3.63, 3.8) is 0 Å². The molecule has 42 heavy (non-hydrogen) atoms. The molecule has 0 aliphatic heterocycles. The fraction of sp³-hybridized carbons (Fsp3) is 0.636. The van der Waals surface area contributed by atoms with Crippen LogP contribution in [-0.4, -0.2) is 66.4 Å². The van der Waals surface area contributed by atoms with Gasteiger partial charge in [0.25, 0.3) is 0 Å². The van der Waals surface area contributed by atoms with E-state index in [0.717, 1.165) is 41.2 Å². The second kappa shape index (κ2) is 16.8. The van der Waals surface area contributed by atoms with Crippen molar-refractivity contribution in [1.29, 1.82) is 0 Å². The van der Waals surface area contributed by atoms with Crippen LogP contribution in [0.1, 0.15) is 89.6 Å². The highest BCUT2D eigenvalue weighted by Crippen LogP contribution is 2.31. The molecule has 1 aromatic heterocycles. The first-order valence-electron chi connectivity index (χ1n) is 15.8. The minimum absolute atomic E-state index is 0.116. The largest absolute Gasteiger partial charge is 0.354 e. The van der Waals surface area contributed by atoms with E-state index in [2.05, 4.69) is 67.3 Å². The predicted molar refractivity (Wildman–Crippen MR) is 173 cm³/mol. The van der Waals surface area contributed by atoms with Crippen molar-refractivity contribution >= 4 is 39.3 Å². The van der Waals surface area contributed by atoms with E-state index in [1.54, 1.807) is 11.3 Å². The van der Waals surface area contributed by atoms with Gasteiger partial charge in [-0.15, -0.1) is 11.3 Å². The Kier molecular flexibility index (Phi) is 13.4. The molecule has 1 aliphatic rings. The number of amides is 3. The second-order valence-electron chi connectivity index (χ2n) is 11.9. The Balaban J connectivity index is 1.67. The van der Waals surface area contributed by atoms with Gasteiger partial charge in [0.1, 0.15) is 6.04 Å². The molecule has 1 aliphatic carbocycles. The first kappa shape index (κ1) is 33.7. The summed E-state index contributed by atoms with van der Waals surface area (Å²) in [5.74, 6) is 0.510. The number of carbonyl (C=O) groups is 3. The van der Waals surface area contributed by atoms with E-state index in [1.807, 2.05) is 13.0 Å². The van der Waals surface area contributed by atoms with Gasteiger partial charge in [-0.3, -0.25) is 19.3 Å². The van der Waals surface area contributed by atoms with E-state index in [4.69, 9.17) is 4.98 Å². The molecule has 1 heterocycles. The zero-order valence-electron chi connectivity index (χ0n) is 26.3. The summed E-state index contributed by atoms with van der Waals surface area (Å²) in [5.41, 5.74) is 2.73. The Morgan fingerprint density at radius 2 is 1.76 bits per heavy atom. The zero-order valence-corrected chi connectivity index (χ0v) is 27.1. The lowest BCUT2D eigenvalue weighted by Gasteiger charge is -2.26. The molecule has 0 saturated heterocycles. The number of thiazole rings is 1. The highest BCUT2D eigenvalue weighted by molar-refractivity contribution is 7.18. The van der Waals surface area contributed by atoms with Gasteiger partial charge < -0.3 is 16.0 Å². The Morgan fingerprint density at radius 1 is 1.07 bits per heavy atom. The fourth-order valence-electron chi connectivity index (χ4n) is 5.64. The van der Waals surface area contributed by atoms with Gasteiger partial charge in [0.2, 0.25) is 17.7 Å². The van der Waals surface area contributed by atoms with Crippen LogP contribution in [0.15, 0.2) is 30.4 Å². The van der Waals surface area contributed by atoms with Crippen molar-refractivity contribution in [1.82, 2.24) is 25.8 Å². The third kappa shape index (κ3) is 9.90. The molecule has 1 fully saturated rings. The molecule has 232 valence electrons. The molecule has 9 heteroatoms. The van der Waals surface area contributed by atoms with Crippen molar-refractivity contribution in [3.05, 3.63) is 40.9 Å². The van der Waals surface area contributed by atoms with Crippen LogP contribution in [0.4, 0.5) is 0 Å². The molecular formula is C33H51N5O3S. The summed E-state index contributed by atoms with van der Waals surface area (Å²) in [6.45, 7) is 17.7. The molecule has 3 amide bonds. The minimum Gasteiger partial charge on any atom is -0.354 e. The quantitative estimate of drug-likeness (QED) is 0.218. The van der Waals surface area contributed by atoms with Gasteiger partial charge in [0, 0.05) is 38.0 Å². The van der Waals surface area contributed by atoms with Gasteiger partial charge in [-0.2, -0.15) is 0 Å².